The van der Waals surface area contributed by atoms with E-state index >= 15 is 0 Å². The van der Waals surface area contributed by atoms with Crippen molar-refractivity contribution in [2.75, 3.05) is 11.9 Å². The molecule has 0 saturated heterocycles. The lowest BCUT2D eigenvalue weighted by atomic mass is 9.84. The highest BCUT2D eigenvalue weighted by Crippen LogP contribution is 2.27. The van der Waals surface area contributed by atoms with Gasteiger partial charge in [-0.1, -0.05) is 37.5 Å². The second kappa shape index (κ2) is 8.96. The molecule has 1 aromatic heterocycles. The molecular weight excluding hydrogens is 346 g/mol. The number of carbonyl (C=O) groups excluding carboxylic acids is 2. The molecule has 0 bridgehead atoms. The first-order valence-electron chi connectivity index (χ1n) is 9.14. The summed E-state index contributed by atoms with van der Waals surface area (Å²) < 4.78 is 0. The highest BCUT2D eigenvalue weighted by atomic mass is 32.1. The molecule has 4 N–H and O–H groups in total. The van der Waals surface area contributed by atoms with E-state index in [1.165, 1.54) is 30.6 Å². The largest absolute Gasteiger partial charge is 0.348 e. The van der Waals surface area contributed by atoms with Crippen molar-refractivity contribution in [2.45, 2.75) is 38.1 Å². The van der Waals surface area contributed by atoms with Gasteiger partial charge in [-0.3, -0.25) is 9.59 Å². The Bertz CT molecular complexity index is 739. The Morgan fingerprint density at radius 2 is 1.85 bits per heavy atom. The minimum absolute atomic E-state index is 0.0242. The molecular formula is C20H25N3O2S. The van der Waals surface area contributed by atoms with Crippen LogP contribution in [0.15, 0.2) is 41.8 Å². The lowest BCUT2D eigenvalue weighted by Crippen LogP contribution is -2.46. The van der Waals surface area contributed by atoms with Crippen LogP contribution in [-0.4, -0.2) is 24.4 Å². The zero-order chi connectivity index (χ0) is 18.4. The van der Waals surface area contributed by atoms with Gasteiger partial charge in [-0.05, 0) is 42.3 Å². The summed E-state index contributed by atoms with van der Waals surface area (Å²) in [7, 11) is 0. The van der Waals surface area contributed by atoms with Gasteiger partial charge >= 0.3 is 0 Å². The molecule has 2 amide bonds. The van der Waals surface area contributed by atoms with E-state index < -0.39 is 0 Å². The van der Waals surface area contributed by atoms with E-state index in [9.17, 15) is 9.59 Å². The van der Waals surface area contributed by atoms with Crippen molar-refractivity contribution in [3.63, 3.8) is 0 Å². The first-order chi connectivity index (χ1) is 12.7. The summed E-state index contributed by atoms with van der Waals surface area (Å²) >= 11 is 1.37. The molecule has 26 heavy (non-hydrogen) atoms. The van der Waals surface area contributed by atoms with Gasteiger partial charge in [0, 0.05) is 12.6 Å². The molecule has 1 atom stereocenters. The van der Waals surface area contributed by atoms with Gasteiger partial charge in [0.1, 0.15) is 0 Å². The van der Waals surface area contributed by atoms with Crippen molar-refractivity contribution < 1.29 is 9.59 Å². The van der Waals surface area contributed by atoms with Crippen molar-refractivity contribution in [3.05, 3.63) is 52.2 Å². The van der Waals surface area contributed by atoms with Gasteiger partial charge in [0.05, 0.1) is 16.1 Å². The van der Waals surface area contributed by atoms with Crippen LogP contribution < -0.4 is 16.4 Å². The molecule has 1 aromatic carbocycles. The van der Waals surface area contributed by atoms with Gasteiger partial charge in [-0.25, -0.2) is 0 Å². The molecule has 1 aliphatic rings. The third kappa shape index (κ3) is 4.51. The summed E-state index contributed by atoms with van der Waals surface area (Å²) in [5.41, 5.74) is 6.91. The van der Waals surface area contributed by atoms with E-state index in [1.54, 1.807) is 24.3 Å². The standard InChI is InChI=1S/C20H25N3O2S/c21-13-17(14-7-2-1-3-8-14)23-19(24)15-9-4-5-10-16(15)22-20(25)18-11-6-12-26-18/h4-6,9-12,14,17H,1-3,7-8,13,21H2,(H,22,25)(H,23,24). The third-order valence-electron chi connectivity index (χ3n) is 4.95. The second-order valence-electron chi connectivity index (χ2n) is 6.69. The van der Waals surface area contributed by atoms with Gasteiger partial charge in [-0.15, -0.1) is 11.3 Å². The van der Waals surface area contributed by atoms with Crippen LogP contribution in [0.3, 0.4) is 0 Å². The third-order valence-corrected chi connectivity index (χ3v) is 5.82. The van der Waals surface area contributed by atoms with Crippen LogP contribution in [0.25, 0.3) is 0 Å². The molecule has 1 fully saturated rings. The molecule has 1 unspecified atom stereocenters. The minimum atomic E-state index is -0.206. The fourth-order valence-corrected chi connectivity index (χ4v) is 4.15. The van der Waals surface area contributed by atoms with E-state index in [0.717, 1.165) is 12.8 Å². The fraction of sp³-hybridized carbons (Fsp3) is 0.400. The van der Waals surface area contributed by atoms with Crippen LogP contribution in [-0.2, 0) is 0 Å². The van der Waals surface area contributed by atoms with Crippen LogP contribution in [0.5, 0.6) is 0 Å². The Balaban J connectivity index is 1.71. The average Bonchev–Trinajstić information content (AvgIpc) is 3.22. The van der Waals surface area contributed by atoms with Gasteiger partial charge in [0.25, 0.3) is 11.8 Å². The monoisotopic (exact) mass is 371 g/mol. The van der Waals surface area contributed by atoms with Crippen molar-refractivity contribution in [2.24, 2.45) is 11.7 Å². The minimum Gasteiger partial charge on any atom is -0.348 e. The maximum absolute atomic E-state index is 12.8. The molecule has 0 radical (unpaired) electrons. The normalized spacial score (nSPS) is 16.0. The Hall–Kier alpha value is -2.18. The second-order valence-corrected chi connectivity index (χ2v) is 7.64. The number of hydrogen-bond acceptors (Lipinski definition) is 4. The Labute approximate surface area is 158 Å². The molecule has 5 nitrogen and oxygen atoms in total. The lowest BCUT2D eigenvalue weighted by molar-refractivity contribution is 0.0916. The number of para-hydroxylation sites is 1. The maximum Gasteiger partial charge on any atom is 0.265 e. The summed E-state index contributed by atoms with van der Waals surface area (Å²) in [6.45, 7) is 0.431. The molecule has 0 aliphatic heterocycles. The average molecular weight is 372 g/mol. The van der Waals surface area contributed by atoms with Crippen LogP contribution in [0.2, 0.25) is 0 Å². The number of anilines is 1. The number of hydrogen-bond donors (Lipinski definition) is 3. The van der Waals surface area contributed by atoms with Gasteiger partial charge in [0.2, 0.25) is 0 Å². The number of rotatable bonds is 6. The molecule has 2 aromatic rings. The van der Waals surface area contributed by atoms with Crippen molar-refractivity contribution in [1.82, 2.24) is 5.32 Å². The van der Waals surface area contributed by atoms with E-state index in [1.807, 2.05) is 17.5 Å². The molecule has 1 saturated carbocycles. The van der Waals surface area contributed by atoms with Gasteiger partial charge in [0.15, 0.2) is 0 Å². The van der Waals surface area contributed by atoms with Gasteiger partial charge < -0.3 is 16.4 Å². The Morgan fingerprint density at radius 1 is 1.08 bits per heavy atom. The Kier molecular flexibility index (Phi) is 6.41. The van der Waals surface area contributed by atoms with Crippen LogP contribution in [0.1, 0.15) is 52.1 Å². The number of amides is 2. The van der Waals surface area contributed by atoms with Gasteiger partial charge in [-0.2, -0.15) is 0 Å². The highest BCUT2D eigenvalue weighted by molar-refractivity contribution is 7.12. The lowest BCUT2D eigenvalue weighted by Gasteiger charge is -2.30. The molecule has 3 rings (SSSR count). The predicted molar refractivity (Wildman–Crippen MR) is 106 cm³/mol. The molecule has 1 aliphatic carbocycles. The number of benzene rings is 1. The molecule has 6 heteroatoms. The summed E-state index contributed by atoms with van der Waals surface area (Å²) in [6.07, 6.45) is 5.88. The van der Waals surface area contributed by atoms with E-state index in [2.05, 4.69) is 10.6 Å². The van der Waals surface area contributed by atoms with Crippen LogP contribution in [0.4, 0.5) is 5.69 Å². The van der Waals surface area contributed by atoms with Crippen molar-refractivity contribution >= 4 is 28.8 Å². The first-order valence-corrected chi connectivity index (χ1v) is 10.0. The van der Waals surface area contributed by atoms with E-state index in [-0.39, 0.29) is 17.9 Å². The maximum atomic E-state index is 12.8. The number of carbonyl (C=O) groups is 2. The molecule has 138 valence electrons. The smallest absolute Gasteiger partial charge is 0.265 e. The topological polar surface area (TPSA) is 84.2 Å². The SMILES string of the molecule is NCC(NC(=O)c1ccccc1NC(=O)c1cccs1)C1CCCCC1. The first kappa shape index (κ1) is 18.6. The number of nitrogens with one attached hydrogen (secondary N) is 2. The zero-order valence-electron chi connectivity index (χ0n) is 14.7. The number of thiophene rings is 1. The summed E-state index contributed by atoms with van der Waals surface area (Å²) in [6, 6.07) is 10.6. The fourth-order valence-electron chi connectivity index (χ4n) is 3.53. The summed E-state index contributed by atoms with van der Waals surface area (Å²) in [4.78, 5) is 25.8. The highest BCUT2D eigenvalue weighted by Gasteiger charge is 2.25. The van der Waals surface area contributed by atoms with Crippen LogP contribution in [0, 0.1) is 5.92 Å². The van der Waals surface area contributed by atoms with Crippen molar-refractivity contribution in [1.29, 1.82) is 0 Å². The predicted octanol–water partition coefficient (Wildman–Crippen LogP) is 3.64. The van der Waals surface area contributed by atoms with E-state index in [0.29, 0.717) is 28.6 Å². The number of nitrogens with two attached hydrogens (primary N) is 1. The van der Waals surface area contributed by atoms with E-state index in [4.69, 9.17) is 5.73 Å². The quantitative estimate of drug-likeness (QED) is 0.725. The Morgan fingerprint density at radius 3 is 2.54 bits per heavy atom. The summed E-state index contributed by atoms with van der Waals surface area (Å²) in [5.74, 6) is 0.0431. The molecule has 0 spiro atoms. The van der Waals surface area contributed by atoms with Crippen LogP contribution >= 0.6 is 11.3 Å². The zero-order valence-corrected chi connectivity index (χ0v) is 15.6. The summed E-state index contributed by atoms with van der Waals surface area (Å²) in [5, 5.41) is 7.78. The molecule has 1 heterocycles. The van der Waals surface area contributed by atoms with Crippen molar-refractivity contribution in [3.8, 4) is 0 Å².